The lowest BCUT2D eigenvalue weighted by atomic mass is 10.0. The van der Waals surface area contributed by atoms with Crippen molar-refractivity contribution >= 4 is 5.78 Å². The van der Waals surface area contributed by atoms with Gasteiger partial charge in [-0.1, -0.05) is 23.3 Å². The van der Waals surface area contributed by atoms with Gasteiger partial charge in [0.25, 0.3) is 0 Å². The van der Waals surface area contributed by atoms with Crippen molar-refractivity contribution < 1.29 is 19.4 Å². The number of ketones is 1. The average Bonchev–Trinajstić information content (AvgIpc) is 2.51. The van der Waals surface area contributed by atoms with Crippen molar-refractivity contribution in [1.82, 2.24) is 0 Å². The van der Waals surface area contributed by atoms with Crippen LogP contribution in [0.5, 0.6) is 11.5 Å². The van der Waals surface area contributed by atoms with Crippen LogP contribution >= 0.6 is 0 Å². The van der Waals surface area contributed by atoms with E-state index in [2.05, 4.69) is 32.9 Å². The number of benzene rings is 1. The molecule has 0 fully saturated rings. The number of ether oxygens (including phenoxy) is 2. The van der Waals surface area contributed by atoms with Crippen LogP contribution in [0.15, 0.2) is 35.4 Å². The van der Waals surface area contributed by atoms with Gasteiger partial charge < -0.3 is 14.6 Å². The summed E-state index contributed by atoms with van der Waals surface area (Å²) in [5, 5.41) is 10.4. The van der Waals surface area contributed by atoms with E-state index in [0.29, 0.717) is 23.3 Å². The summed E-state index contributed by atoms with van der Waals surface area (Å²) < 4.78 is 10.4. The van der Waals surface area contributed by atoms with Crippen molar-refractivity contribution in [3.05, 3.63) is 46.6 Å². The molecule has 0 atom stereocenters. The molecule has 0 radical (unpaired) electrons. The Hall–Kier alpha value is -2.07. The lowest BCUT2D eigenvalue weighted by Gasteiger charge is -2.14. The zero-order valence-electron chi connectivity index (χ0n) is 15.3. The number of rotatable bonds is 9. The van der Waals surface area contributed by atoms with E-state index in [4.69, 9.17) is 9.47 Å². The average molecular weight is 332 g/mol. The van der Waals surface area contributed by atoms with Crippen LogP contribution in [0.3, 0.4) is 0 Å². The highest BCUT2D eigenvalue weighted by molar-refractivity contribution is 5.97. The van der Waals surface area contributed by atoms with Crippen molar-refractivity contribution in [2.45, 2.75) is 47.0 Å². The molecule has 0 saturated heterocycles. The van der Waals surface area contributed by atoms with Crippen LogP contribution in [-0.4, -0.2) is 24.8 Å². The van der Waals surface area contributed by atoms with E-state index in [1.165, 1.54) is 25.2 Å². The van der Waals surface area contributed by atoms with E-state index in [0.717, 1.165) is 12.8 Å². The van der Waals surface area contributed by atoms with Crippen molar-refractivity contribution in [1.29, 1.82) is 0 Å². The zero-order chi connectivity index (χ0) is 18.1. The van der Waals surface area contributed by atoms with Gasteiger partial charge in [0.1, 0.15) is 11.5 Å². The van der Waals surface area contributed by atoms with Crippen molar-refractivity contribution in [3.63, 3.8) is 0 Å². The summed E-state index contributed by atoms with van der Waals surface area (Å²) in [6, 6.07) is 3.29. The summed E-state index contributed by atoms with van der Waals surface area (Å²) in [5.41, 5.74) is 3.47. The predicted octanol–water partition coefficient (Wildman–Crippen LogP) is 4.81. The third-order valence-corrected chi connectivity index (χ3v) is 3.70. The number of phenols is 1. The van der Waals surface area contributed by atoms with Crippen LogP contribution in [0.2, 0.25) is 0 Å². The normalized spacial score (nSPS) is 11.3. The van der Waals surface area contributed by atoms with Crippen molar-refractivity contribution in [3.8, 4) is 11.5 Å². The van der Waals surface area contributed by atoms with Crippen LogP contribution in [0.1, 0.15) is 56.5 Å². The van der Waals surface area contributed by atoms with E-state index in [1.54, 1.807) is 12.1 Å². The Labute approximate surface area is 144 Å². The van der Waals surface area contributed by atoms with Crippen molar-refractivity contribution in [2.24, 2.45) is 0 Å². The van der Waals surface area contributed by atoms with Gasteiger partial charge >= 0.3 is 0 Å². The molecule has 0 heterocycles. The molecular formula is C20H28O4. The summed E-state index contributed by atoms with van der Waals surface area (Å²) in [6.45, 7) is 7.78. The summed E-state index contributed by atoms with van der Waals surface area (Å²) in [4.78, 5) is 11.6. The van der Waals surface area contributed by atoms with Crippen molar-refractivity contribution in [2.75, 3.05) is 13.9 Å². The molecule has 0 aliphatic heterocycles. The highest BCUT2D eigenvalue weighted by atomic mass is 16.7. The molecule has 0 aliphatic carbocycles. The number of hydrogen-bond donors (Lipinski definition) is 1. The van der Waals surface area contributed by atoms with E-state index in [-0.39, 0.29) is 18.3 Å². The third kappa shape index (κ3) is 6.20. The SMILES string of the molecule is COCOc1ccc(C(C)=O)c(O)c1CC=C(C)CCC=C(C)C. The molecule has 0 bridgehead atoms. The van der Waals surface area contributed by atoms with Gasteiger partial charge in [0, 0.05) is 12.7 Å². The zero-order valence-corrected chi connectivity index (χ0v) is 15.3. The Balaban J connectivity index is 2.99. The first kappa shape index (κ1) is 20.0. The fourth-order valence-corrected chi connectivity index (χ4v) is 2.32. The minimum Gasteiger partial charge on any atom is -0.507 e. The molecule has 1 rings (SSSR count). The van der Waals surface area contributed by atoms with Crippen LogP contribution in [0, 0.1) is 0 Å². The topological polar surface area (TPSA) is 55.8 Å². The second-order valence-corrected chi connectivity index (χ2v) is 6.12. The summed E-state index contributed by atoms with van der Waals surface area (Å²) in [5.74, 6) is 0.355. The van der Waals surface area contributed by atoms with Crippen LogP contribution in [0.4, 0.5) is 0 Å². The van der Waals surface area contributed by atoms with Gasteiger partial charge in [0.05, 0.1) is 5.56 Å². The van der Waals surface area contributed by atoms with Crippen LogP contribution in [-0.2, 0) is 11.2 Å². The lowest BCUT2D eigenvalue weighted by molar-refractivity contribution is 0.0503. The Morgan fingerprint density at radius 1 is 1.17 bits per heavy atom. The molecule has 1 aromatic carbocycles. The van der Waals surface area contributed by atoms with E-state index >= 15 is 0 Å². The van der Waals surface area contributed by atoms with E-state index in [1.807, 2.05) is 0 Å². The molecule has 0 spiro atoms. The number of Topliss-reactive ketones (excluding diaryl/α,β-unsaturated/α-hetero) is 1. The number of allylic oxidation sites excluding steroid dienone is 4. The molecule has 24 heavy (non-hydrogen) atoms. The number of methoxy groups -OCH3 is 1. The van der Waals surface area contributed by atoms with Gasteiger partial charge in [-0.25, -0.2) is 0 Å². The largest absolute Gasteiger partial charge is 0.507 e. The lowest BCUT2D eigenvalue weighted by Crippen LogP contribution is -2.04. The predicted molar refractivity (Wildman–Crippen MR) is 96.7 cm³/mol. The van der Waals surface area contributed by atoms with E-state index in [9.17, 15) is 9.90 Å². The highest BCUT2D eigenvalue weighted by Crippen LogP contribution is 2.33. The molecule has 0 saturated carbocycles. The molecule has 1 aromatic rings. The van der Waals surface area contributed by atoms with Crippen LogP contribution in [0.25, 0.3) is 0 Å². The number of phenolic OH excluding ortho intramolecular Hbond substituents is 1. The molecule has 0 unspecified atom stereocenters. The molecule has 4 heteroatoms. The van der Waals surface area contributed by atoms with Gasteiger partial charge in [-0.15, -0.1) is 0 Å². The molecular weight excluding hydrogens is 304 g/mol. The fraction of sp³-hybridized carbons (Fsp3) is 0.450. The van der Waals surface area contributed by atoms with Gasteiger partial charge in [-0.2, -0.15) is 0 Å². The standard InChI is InChI=1S/C20H28O4/c1-14(2)7-6-8-15(3)9-10-18-19(24-13-23-5)12-11-17(16(4)21)20(18)22/h7,9,11-12,22H,6,8,10,13H2,1-5H3. The number of carbonyl (C=O) groups excluding carboxylic acids is 1. The number of hydrogen-bond acceptors (Lipinski definition) is 4. The smallest absolute Gasteiger partial charge is 0.188 e. The Bertz CT molecular complexity index is 623. The summed E-state index contributed by atoms with van der Waals surface area (Å²) in [6.07, 6.45) is 6.74. The molecule has 0 aromatic heterocycles. The maximum Gasteiger partial charge on any atom is 0.188 e. The molecule has 132 valence electrons. The molecule has 0 amide bonds. The third-order valence-electron chi connectivity index (χ3n) is 3.70. The summed E-state index contributed by atoms with van der Waals surface area (Å²) >= 11 is 0. The van der Waals surface area contributed by atoms with Gasteiger partial charge in [0.15, 0.2) is 12.6 Å². The Morgan fingerprint density at radius 2 is 1.88 bits per heavy atom. The number of carbonyl (C=O) groups is 1. The maximum atomic E-state index is 11.6. The molecule has 0 aliphatic rings. The Morgan fingerprint density at radius 3 is 2.46 bits per heavy atom. The molecule has 1 N–H and O–H groups in total. The first-order valence-corrected chi connectivity index (χ1v) is 8.13. The monoisotopic (exact) mass is 332 g/mol. The molecule has 4 nitrogen and oxygen atoms in total. The first-order chi connectivity index (χ1) is 11.4. The second kappa shape index (κ2) is 9.93. The van der Waals surface area contributed by atoms with E-state index < -0.39 is 0 Å². The van der Waals surface area contributed by atoms with Crippen LogP contribution < -0.4 is 4.74 Å². The Kier molecular flexibility index (Phi) is 8.27. The van der Waals surface area contributed by atoms with Gasteiger partial charge in [-0.3, -0.25) is 4.79 Å². The second-order valence-electron chi connectivity index (χ2n) is 6.12. The fourth-order valence-electron chi connectivity index (χ4n) is 2.32. The summed E-state index contributed by atoms with van der Waals surface area (Å²) in [7, 11) is 1.54. The maximum absolute atomic E-state index is 11.6. The first-order valence-electron chi connectivity index (χ1n) is 8.13. The minimum absolute atomic E-state index is 0.00977. The van der Waals surface area contributed by atoms with Gasteiger partial charge in [-0.05, 0) is 59.1 Å². The minimum atomic E-state index is -0.170. The quantitative estimate of drug-likeness (QED) is 0.400. The highest BCUT2D eigenvalue weighted by Gasteiger charge is 2.15. The van der Waals surface area contributed by atoms with Gasteiger partial charge in [0.2, 0.25) is 0 Å². The number of aromatic hydroxyl groups is 1.